The topological polar surface area (TPSA) is 0 Å². The first-order valence-corrected chi connectivity index (χ1v) is 5.55. The molecule has 0 spiro atoms. The number of hydrogen-bond donors (Lipinski definition) is 0. The van der Waals surface area contributed by atoms with Crippen LogP contribution in [0.3, 0.4) is 0 Å². The van der Waals surface area contributed by atoms with Gasteiger partial charge in [0.25, 0.3) is 0 Å². The maximum Gasteiger partial charge on any atom is -0.0219 e. The van der Waals surface area contributed by atoms with E-state index in [1.54, 1.807) is 0 Å². The molecule has 0 aliphatic carbocycles. The molecular formula is C16H24. The maximum absolute atomic E-state index is 2.22. The molecular weight excluding hydrogens is 192 g/mol. The lowest BCUT2D eigenvalue weighted by atomic mass is 9.99. The number of hydrogen-bond acceptors (Lipinski definition) is 0. The van der Waals surface area contributed by atoms with E-state index in [1.807, 2.05) is 13.0 Å². The van der Waals surface area contributed by atoms with Crippen molar-refractivity contribution in [2.45, 2.75) is 41.0 Å². The molecule has 0 unspecified atom stereocenters. The van der Waals surface area contributed by atoms with Gasteiger partial charge in [-0.2, -0.15) is 0 Å². The molecule has 0 radical (unpaired) electrons. The minimum absolute atomic E-state index is 0. The van der Waals surface area contributed by atoms with E-state index in [2.05, 4.69) is 57.2 Å². The zero-order chi connectivity index (χ0) is 11.3. The monoisotopic (exact) mass is 216 g/mol. The highest BCUT2D eigenvalue weighted by atomic mass is 14.0. The zero-order valence-electron chi connectivity index (χ0n) is 10.1. The molecule has 0 N–H and O–H groups in total. The first-order chi connectivity index (χ1) is 7.15. The fraction of sp³-hybridized carbons (Fsp3) is 0.375. The van der Waals surface area contributed by atoms with Crippen molar-refractivity contribution < 1.29 is 0 Å². The van der Waals surface area contributed by atoms with E-state index in [4.69, 9.17) is 0 Å². The third kappa shape index (κ3) is 4.06. The lowest BCUT2D eigenvalue weighted by molar-refractivity contribution is 0.866. The van der Waals surface area contributed by atoms with Crippen LogP contribution in [0.25, 0.3) is 5.57 Å². The van der Waals surface area contributed by atoms with Crippen molar-refractivity contribution in [3.8, 4) is 0 Å². The van der Waals surface area contributed by atoms with Gasteiger partial charge in [-0.25, -0.2) is 0 Å². The lowest BCUT2D eigenvalue weighted by Crippen LogP contribution is -1.87. The van der Waals surface area contributed by atoms with E-state index in [1.165, 1.54) is 16.7 Å². The van der Waals surface area contributed by atoms with Gasteiger partial charge in [-0.1, -0.05) is 63.8 Å². The molecule has 0 heteroatoms. The van der Waals surface area contributed by atoms with Gasteiger partial charge in [0.15, 0.2) is 0 Å². The predicted octanol–water partition coefficient (Wildman–Crippen LogP) is 5.43. The number of rotatable bonds is 3. The summed E-state index contributed by atoms with van der Waals surface area (Å²) in [4.78, 5) is 0. The van der Waals surface area contributed by atoms with Gasteiger partial charge in [-0.05, 0) is 36.5 Å². The number of benzene rings is 1. The van der Waals surface area contributed by atoms with Crippen molar-refractivity contribution in [3.05, 3.63) is 53.6 Å². The lowest BCUT2D eigenvalue weighted by Gasteiger charge is -2.06. The summed E-state index contributed by atoms with van der Waals surface area (Å²) >= 11 is 0. The molecule has 0 aliphatic rings. The summed E-state index contributed by atoms with van der Waals surface area (Å²) in [6.45, 7) is 8.62. The summed E-state index contributed by atoms with van der Waals surface area (Å²) in [6.07, 6.45) is 6.27. The molecule has 0 amide bonds. The molecule has 0 fully saturated rings. The Morgan fingerprint density at radius 2 is 1.69 bits per heavy atom. The van der Waals surface area contributed by atoms with Gasteiger partial charge in [-0.3, -0.25) is 0 Å². The smallest absolute Gasteiger partial charge is 0.0219 e. The largest absolute Gasteiger partial charge is 0.0877 e. The fourth-order valence-electron chi connectivity index (χ4n) is 1.47. The van der Waals surface area contributed by atoms with Crippen LogP contribution in [0.1, 0.15) is 52.2 Å². The summed E-state index contributed by atoms with van der Waals surface area (Å²) in [7, 11) is 0. The second-order valence-electron chi connectivity index (χ2n) is 4.15. The minimum Gasteiger partial charge on any atom is -0.0877 e. The van der Waals surface area contributed by atoms with E-state index in [0.717, 1.165) is 0 Å². The molecule has 0 aromatic heterocycles. The summed E-state index contributed by atoms with van der Waals surface area (Å²) in [5.41, 5.74) is 4.01. The first-order valence-electron chi connectivity index (χ1n) is 5.55. The molecule has 0 aliphatic heterocycles. The Morgan fingerprint density at radius 1 is 1.12 bits per heavy atom. The standard InChI is InChI=1S/C15H20.CH4/c1-5-6-7-13(4)15-10-8-14(9-11-15)12(2)3;/h5-12H,1-4H3;1H4/b6-5-,13-7+;. The second-order valence-corrected chi connectivity index (χ2v) is 4.15. The van der Waals surface area contributed by atoms with Crippen molar-refractivity contribution in [1.29, 1.82) is 0 Å². The second kappa shape index (κ2) is 7.05. The molecule has 0 saturated heterocycles. The van der Waals surface area contributed by atoms with Gasteiger partial charge in [0, 0.05) is 0 Å². The van der Waals surface area contributed by atoms with Gasteiger partial charge in [0.1, 0.15) is 0 Å². The van der Waals surface area contributed by atoms with E-state index in [0.29, 0.717) is 5.92 Å². The molecule has 1 rings (SSSR count). The average Bonchev–Trinajstić information content (AvgIpc) is 2.26. The van der Waals surface area contributed by atoms with Crippen molar-refractivity contribution in [3.63, 3.8) is 0 Å². The third-order valence-corrected chi connectivity index (χ3v) is 2.57. The molecule has 0 atom stereocenters. The maximum atomic E-state index is 2.22. The summed E-state index contributed by atoms with van der Waals surface area (Å²) in [5.74, 6) is 0.610. The Kier molecular flexibility index (Phi) is 6.48. The van der Waals surface area contributed by atoms with Crippen molar-refractivity contribution >= 4 is 5.57 Å². The van der Waals surface area contributed by atoms with Crippen LogP contribution in [0.15, 0.2) is 42.5 Å². The van der Waals surface area contributed by atoms with Crippen LogP contribution in [0.5, 0.6) is 0 Å². The highest BCUT2D eigenvalue weighted by Gasteiger charge is 1.99. The average molecular weight is 216 g/mol. The van der Waals surface area contributed by atoms with Gasteiger partial charge in [-0.15, -0.1) is 0 Å². The molecule has 0 nitrogen and oxygen atoms in total. The van der Waals surface area contributed by atoms with E-state index < -0.39 is 0 Å². The highest BCUT2D eigenvalue weighted by Crippen LogP contribution is 2.19. The third-order valence-electron chi connectivity index (χ3n) is 2.57. The molecule has 1 aromatic carbocycles. The van der Waals surface area contributed by atoms with E-state index in [-0.39, 0.29) is 7.43 Å². The molecule has 88 valence electrons. The van der Waals surface area contributed by atoms with Crippen molar-refractivity contribution in [2.75, 3.05) is 0 Å². The normalized spacial score (nSPS) is 11.9. The van der Waals surface area contributed by atoms with Gasteiger partial charge >= 0.3 is 0 Å². The number of allylic oxidation sites excluding steroid dienone is 4. The highest BCUT2D eigenvalue weighted by molar-refractivity contribution is 5.65. The van der Waals surface area contributed by atoms with Gasteiger partial charge < -0.3 is 0 Å². The first kappa shape index (κ1) is 14.7. The summed E-state index contributed by atoms with van der Waals surface area (Å²) < 4.78 is 0. The van der Waals surface area contributed by atoms with Gasteiger partial charge in [0.05, 0.1) is 0 Å². The SMILES string of the molecule is C.C/C=C\C=C(/C)c1ccc(C(C)C)cc1. The van der Waals surface area contributed by atoms with Crippen LogP contribution >= 0.6 is 0 Å². The van der Waals surface area contributed by atoms with Crippen LogP contribution in [0.2, 0.25) is 0 Å². The molecule has 0 heterocycles. The Labute approximate surface area is 101 Å². The zero-order valence-corrected chi connectivity index (χ0v) is 10.1. The Bertz CT molecular complexity index is 350. The summed E-state index contributed by atoms with van der Waals surface area (Å²) in [5, 5.41) is 0. The van der Waals surface area contributed by atoms with Crippen LogP contribution in [-0.2, 0) is 0 Å². The minimum atomic E-state index is 0. The Balaban J connectivity index is 0.00000225. The van der Waals surface area contributed by atoms with E-state index >= 15 is 0 Å². The van der Waals surface area contributed by atoms with Gasteiger partial charge in [0.2, 0.25) is 0 Å². The Morgan fingerprint density at radius 3 is 2.12 bits per heavy atom. The van der Waals surface area contributed by atoms with Crippen LogP contribution in [0, 0.1) is 0 Å². The van der Waals surface area contributed by atoms with Crippen LogP contribution < -0.4 is 0 Å². The summed E-state index contributed by atoms with van der Waals surface area (Å²) in [6, 6.07) is 8.83. The van der Waals surface area contributed by atoms with Crippen LogP contribution in [-0.4, -0.2) is 0 Å². The van der Waals surface area contributed by atoms with Crippen LogP contribution in [0.4, 0.5) is 0 Å². The molecule has 16 heavy (non-hydrogen) atoms. The molecule has 1 aromatic rings. The Hall–Kier alpha value is -1.30. The van der Waals surface area contributed by atoms with E-state index in [9.17, 15) is 0 Å². The van der Waals surface area contributed by atoms with Crippen molar-refractivity contribution in [1.82, 2.24) is 0 Å². The quantitative estimate of drug-likeness (QED) is 0.591. The van der Waals surface area contributed by atoms with Crippen molar-refractivity contribution in [2.24, 2.45) is 0 Å². The fourth-order valence-corrected chi connectivity index (χ4v) is 1.47. The molecule has 0 bridgehead atoms. The molecule has 0 saturated carbocycles. The predicted molar refractivity (Wildman–Crippen MR) is 75.7 cm³/mol.